The molecule has 0 saturated heterocycles. The number of methoxy groups -OCH3 is 1. The van der Waals surface area contributed by atoms with E-state index in [2.05, 4.69) is 5.32 Å². The lowest BCUT2D eigenvalue weighted by molar-refractivity contribution is 0.102. The molecular weight excluding hydrogens is 316 g/mol. The second-order valence-corrected chi connectivity index (χ2v) is 5.64. The number of anilines is 2. The lowest BCUT2D eigenvalue weighted by atomic mass is 10.2. The van der Waals surface area contributed by atoms with E-state index < -0.39 is 0 Å². The summed E-state index contributed by atoms with van der Waals surface area (Å²) in [7, 11) is 1.48. The number of nitrogen functional groups attached to an aromatic ring is 1. The van der Waals surface area contributed by atoms with E-state index in [1.165, 1.54) is 7.11 Å². The first-order chi connectivity index (χ1) is 10.9. The number of hydrogen-bond donors (Lipinski definition) is 2. The van der Waals surface area contributed by atoms with E-state index >= 15 is 0 Å². The van der Waals surface area contributed by atoms with E-state index in [1.807, 2.05) is 13.8 Å². The molecule has 0 fully saturated rings. The molecule has 1 amide bonds. The third-order valence-electron chi connectivity index (χ3n) is 3.00. The number of hydrogen-bond acceptors (Lipinski definition) is 4. The normalized spacial score (nSPS) is 10.5. The molecule has 23 heavy (non-hydrogen) atoms. The fourth-order valence-corrected chi connectivity index (χ4v) is 2.32. The molecule has 0 unspecified atom stereocenters. The summed E-state index contributed by atoms with van der Waals surface area (Å²) in [5, 5.41) is 3.06. The van der Waals surface area contributed by atoms with E-state index in [-0.39, 0.29) is 12.0 Å². The lowest BCUT2D eigenvalue weighted by Gasteiger charge is -2.14. The third-order valence-corrected chi connectivity index (χ3v) is 3.30. The van der Waals surface area contributed by atoms with Crippen LogP contribution in [0.2, 0.25) is 5.02 Å². The first-order valence-corrected chi connectivity index (χ1v) is 7.49. The molecule has 0 radical (unpaired) electrons. The van der Waals surface area contributed by atoms with Gasteiger partial charge in [-0.15, -0.1) is 0 Å². The number of nitrogens with two attached hydrogens (primary N) is 1. The second-order valence-electron chi connectivity index (χ2n) is 5.23. The quantitative estimate of drug-likeness (QED) is 0.811. The molecule has 2 aromatic carbocycles. The summed E-state index contributed by atoms with van der Waals surface area (Å²) in [6, 6.07) is 10.1. The van der Waals surface area contributed by atoms with Gasteiger partial charge in [0.25, 0.3) is 5.91 Å². The number of halogens is 1. The first-order valence-electron chi connectivity index (χ1n) is 7.11. The van der Waals surface area contributed by atoms with Gasteiger partial charge in [0, 0.05) is 17.3 Å². The molecule has 0 bridgehead atoms. The topological polar surface area (TPSA) is 73.6 Å². The average molecular weight is 335 g/mol. The number of carbonyl (C=O) groups is 1. The largest absolute Gasteiger partial charge is 0.494 e. The summed E-state index contributed by atoms with van der Waals surface area (Å²) in [6.45, 7) is 3.84. The van der Waals surface area contributed by atoms with Gasteiger partial charge >= 0.3 is 0 Å². The van der Waals surface area contributed by atoms with Gasteiger partial charge in [-0.3, -0.25) is 4.79 Å². The van der Waals surface area contributed by atoms with Crippen LogP contribution in [0.25, 0.3) is 0 Å². The Hall–Kier alpha value is -2.40. The molecular formula is C17H19ClN2O3. The highest BCUT2D eigenvalue weighted by Gasteiger charge is 2.15. The molecule has 6 heteroatoms. The van der Waals surface area contributed by atoms with Crippen molar-refractivity contribution in [1.29, 1.82) is 0 Å². The molecule has 0 spiro atoms. The number of nitrogens with one attached hydrogen (secondary N) is 1. The van der Waals surface area contributed by atoms with Crippen molar-refractivity contribution < 1.29 is 14.3 Å². The van der Waals surface area contributed by atoms with Crippen molar-refractivity contribution in [2.24, 2.45) is 0 Å². The summed E-state index contributed by atoms with van der Waals surface area (Å²) in [5.74, 6) is 0.713. The Balaban J connectivity index is 2.26. The van der Waals surface area contributed by atoms with Crippen LogP contribution in [0.1, 0.15) is 24.2 Å². The number of amides is 1. The van der Waals surface area contributed by atoms with E-state index in [9.17, 15) is 4.79 Å². The zero-order valence-corrected chi connectivity index (χ0v) is 14.0. The fraction of sp³-hybridized carbons (Fsp3) is 0.235. The molecule has 0 aliphatic heterocycles. The standard InChI is InChI=1S/C17H19ClN2O3/c1-10(2)23-13-6-4-5-11(7-13)17(21)20-16-14(18)8-12(19)9-15(16)22-3/h4-10H,19H2,1-3H3,(H,20,21). The molecule has 0 aromatic heterocycles. The molecule has 0 aliphatic rings. The smallest absolute Gasteiger partial charge is 0.255 e. The first kappa shape index (κ1) is 17.0. The number of rotatable bonds is 5. The maximum Gasteiger partial charge on any atom is 0.255 e. The van der Waals surface area contributed by atoms with Gasteiger partial charge in [-0.25, -0.2) is 0 Å². The molecule has 122 valence electrons. The maximum atomic E-state index is 12.4. The molecule has 2 aromatic rings. The minimum absolute atomic E-state index is 0.0277. The van der Waals surface area contributed by atoms with Gasteiger partial charge in [-0.05, 0) is 38.1 Å². The molecule has 0 saturated carbocycles. The Morgan fingerprint density at radius 3 is 2.65 bits per heavy atom. The van der Waals surface area contributed by atoms with Crippen molar-refractivity contribution >= 4 is 28.9 Å². The highest BCUT2D eigenvalue weighted by Crippen LogP contribution is 2.35. The zero-order valence-electron chi connectivity index (χ0n) is 13.2. The Labute approximate surface area is 140 Å². The summed E-state index contributed by atoms with van der Waals surface area (Å²) >= 11 is 6.15. The van der Waals surface area contributed by atoms with Gasteiger partial charge in [0.15, 0.2) is 0 Å². The lowest BCUT2D eigenvalue weighted by Crippen LogP contribution is -2.14. The predicted molar refractivity (Wildman–Crippen MR) is 92.6 cm³/mol. The van der Waals surface area contributed by atoms with Crippen molar-refractivity contribution in [2.75, 3.05) is 18.2 Å². The predicted octanol–water partition coefficient (Wildman–Crippen LogP) is 3.97. The second kappa shape index (κ2) is 7.24. The summed E-state index contributed by atoms with van der Waals surface area (Å²) in [4.78, 5) is 12.4. The van der Waals surface area contributed by atoms with Crippen molar-refractivity contribution in [1.82, 2.24) is 0 Å². The van der Waals surface area contributed by atoms with Gasteiger partial charge in [0.05, 0.1) is 18.2 Å². The monoisotopic (exact) mass is 334 g/mol. The van der Waals surface area contributed by atoms with Gasteiger partial charge in [-0.2, -0.15) is 0 Å². The van der Waals surface area contributed by atoms with Crippen LogP contribution in [0, 0.1) is 0 Å². The molecule has 3 N–H and O–H groups in total. The highest BCUT2D eigenvalue weighted by molar-refractivity contribution is 6.34. The number of ether oxygens (including phenoxy) is 2. The SMILES string of the molecule is COc1cc(N)cc(Cl)c1NC(=O)c1cccc(OC(C)C)c1. The molecule has 0 heterocycles. The summed E-state index contributed by atoms with van der Waals surface area (Å²) in [5.41, 5.74) is 7.01. The molecule has 5 nitrogen and oxygen atoms in total. The van der Waals surface area contributed by atoms with Gasteiger partial charge in [0.2, 0.25) is 0 Å². The Morgan fingerprint density at radius 2 is 2.00 bits per heavy atom. The van der Waals surface area contributed by atoms with Gasteiger partial charge in [0.1, 0.15) is 17.2 Å². The van der Waals surface area contributed by atoms with Gasteiger partial charge in [-0.1, -0.05) is 17.7 Å². The van der Waals surface area contributed by atoms with Crippen LogP contribution in [-0.2, 0) is 0 Å². The van der Waals surface area contributed by atoms with E-state index in [4.69, 9.17) is 26.8 Å². The highest BCUT2D eigenvalue weighted by atomic mass is 35.5. The zero-order chi connectivity index (χ0) is 17.0. The van der Waals surface area contributed by atoms with Crippen LogP contribution in [0.3, 0.4) is 0 Å². The van der Waals surface area contributed by atoms with E-state index in [0.29, 0.717) is 33.5 Å². The maximum absolute atomic E-state index is 12.4. The van der Waals surface area contributed by atoms with E-state index in [0.717, 1.165) is 0 Å². The third kappa shape index (κ3) is 4.29. The minimum Gasteiger partial charge on any atom is -0.494 e. The van der Waals surface area contributed by atoms with Crippen molar-refractivity contribution in [3.05, 3.63) is 47.0 Å². The average Bonchev–Trinajstić information content (AvgIpc) is 2.49. The van der Waals surface area contributed by atoms with Gasteiger partial charge < -0.3 is 20.5 Å². The number of carbonyl (C=O) groups excluding carboxylic acids is 1. The van der Waals surface area contributed by atoms with Crippen molar-refractivity contribution in [3.8, 4) is 11.5 Å². The molecule has 0 atom stereocenters. The molecule has 0 aliphatic carbocycles. The molecule has 2 rings (SSSR count). The Bertz CT molecular complexity index is 717. The Morgan fingerprint density at radius 1 is 1.26 bits per heavy atom. The summed E-state index contributed by atoms with van der Waals surface area (Å²) < 4.78 is 10.8. The van der Waals surface area contributed by atoms with Crippen LogP contribution in [0.5, 0.6) is 11.5 Å². The van der Waals surface area contributed by atoms with Crippen LogP contribution in [0.15, 0.2) is 36.4 Å². The minimum atomic E-state index is -0.316. The van der Waals surface area contributed by atoms with Crippen molar-refractivity contribution in [2.45, 2.75) is 20.0 Å². The van der Waals surface area contributed by atoms with Crippen LogP contribution >= 0.6 is 11.6 Å². The number of benzene rings is 2. The van der Waals surface area contributed by atoms with Crippen LogP contribution in [0.4, 0.5) is 11.4 Å². The Kier molecular flexibility index (Phi) is 5.34. The van der Waals surface area contributed by atoms with Crippen LogP contribution in [-0.4, -0.2) is 19.1 Å². The summed E-state index contributed by atoms with van der Waals surface area (Å²) in [6.07, 6.45) is 0.0277. The van der Waals surface area contributed by atoms with Crippen LogP contribution < -0.4 is 20.5 Å². The van der Waals surface area contributed by atoms with E-state index in [1.54, 1.807) is 36.4 Å². The van der Waals surface area contributed by atoms with Crippen molar-refractivity contribution in [3.63, 3.8) is 0 Å². The fourth-order valence-electron chi connectivity index (χ4n) is 2.05.